The lowest BCUT2D eigenvalue weighted by molar-refractivity contribution is 0.591. The van der Waals surface area contributed by atoms with E-state index in [4.69, 9.17) is 0 Å². The summed E-state index contributed by atoms with van der Waals surface area (Å²) >= 11 is 2.34. The molecular formula is C18H38S. The normalized spacial score (nSPS) is 14.5. The molecule has 19 heavy (non-hydrogen) atoms. The van der Waals surface area contributed by atoms with E-state index in [1.165, 1.54) is 77.0 Å². The van der Waals surface area contributed by atoms with Gasteiger partial charge < -0.3 is 0 Å². The Balaban J connectivity index is 4.05. The first-order valence-electron chi connectivity index (χ1n) is 8.93. The van der Waals surface area contributed by atoms with Crippen molar-refractivity contribution >= 4 is 11.8 Å². The van der Waals surface area contributed by atoms with Crippen LogP contribution >= 0.6 is 11.8 Å². The zero-order valence-electron chi connectivity index (χ0n) is 14.0. The molecule has 0 aromatic heterocycles. The van der Waals surface area contributed by atoms with Gasteiger partial charge in [0.05, 0.1) is 0 Å². The van der Waals surface area contributed by atoms with Gasteiger partial charge in [-0.15, -0.1) is 0 Å². The van der Waals surface area contributed by atoms with Crippen LogP contribution in [0.2, 0.25) is 0 Å². The third-order valence-corrected chi connectivity index (χ3v) is 5.58. The second-order valence-electron chi connectivity index (χ2n) is 5.95. The van der Waals surface area contributed by atoms with Crippen LogP contribution in [0.15, 0.2) is 0 Å². The molecule has 0 aliphatic heterocycles. The van der Waals surface area contributed by atoms with E-state index >= 15 is 0 Å². The van der Waals surface area contributed by atoms with Crippen LogP contribution in [0, 0.1) is 0 Å². The van der Waals surface area contributed by atoms with Crippen LogP contribution in [0.4, 0.5) is 0 Å². The molecule has 0 amide bonds. The highest BCUT2D eigenvalue weighted by Crippen LogP contribution is 2.31. The molecule has 0 aliphatic carbocycles. The molecule has 0 radical (unpaired) electrons. The van der Waals surface area contributed by atoms with Gasteiger partial charge in [-0.1, -0.05) is 79.1 Å². The van der Waals surface area contributed by atoms with E-state index in [1.54, 1.807) is 0 Å². The molecule has 116 valence electrons. The summed E-state index contributed by atoms with van der Waals surface area (Å²) in [6.07, 6.45) is 17.0. The van der Waals surface area contributed by atoms with E-state index in [0.717, 1.165) is 10.5 Å². The molecule has 0 saturated carbocycles. The molecule has 0 aromatic carbocycles. The van der Waals surface area contributed by atoms with Crippen molar-refractivity contribution < 1.29 is 0 Å². The van der Waals surface area contributed by atoms with Crippen molar-refractivity contribution in [2.45, 2.75) is 115 Å². The molecule has 0 aromatic rings. The summed E-state index contributed by atoms with van der Waals surface area (Å²) in [7, 11) is 0. The van der Waals surface area contributed by atoms with Crippen molar-refractivity contribution in [2.75, 3.05) is 0 Å². The molecule has 0 saturated heterocycles. The highest BCUT2D eigenvalue weighted by molar-refractivity contribution is 8.00. The minimum absolute atomic E-state index is 0.940. The number of unbranched alkanes of at least 4 members (excludes halogenated alkanes) is 4. The predicted molar refractivity (Wildman–Crippen MR) is 93.3 cm³/mol. The van der Waals surface area contributed by atoms with Gasteiger partial charge in [-0.2, -0.15) is 11.8 Å². The second kappa shape index (κ2) is 14.8. The number of hydrogen-bond donors (Lipinski definition) is 0. The highest BCUT2D eigenvalue weighted by Gasteiger charge is 2.15. The monoisotopic (exact) mass is 286 g/mol. The van der Waals surface area contributed by atoms with Crippen molar-refractivity contribution in [3.63, 3.8) is 0 Å². The Morgan fingerprint density at radius 3 is 1.26 bits per heavy atom. The van der Waals surface area contributed by atoms with Crippen LogP contribution in [0.5, 0.6) is 0 Å². The summed E-state index contributed by atoms with van der Waals surface area (Å²) in [6.45, 7) is 9.32. The first kappa shape index (κ1) is 19.4. The van der Waals surface area contributed by atoms with Gasteiger partial charge in [0.15, 0.2) is 0 Å². The molecule has 2 atom stereocenters. The first-order valence-corrected chi connectivity index (χ1v) is 9.88. The third-order valence-electron chi connectivity index (χ3n) is 3.87. The zero-order chi connectivity index (χ0) is 14.3. The molecule has 0 fully saturated rings. The SMILES string of the molecule is CCCCCC(CCC)SC(CCC)CCCCC. The first-order chi connectivity index (χ1) is 9.28. The van der Waals surface area contributed by atoms with Gasteiger partial charge >= 0.3 is 0 Å². The molecule has 0 N–H and O–H groups in total. The predicted octanol–water partition coefficient (Wildman–Crippen LogP) is 7.22. The minimum Gasteiger partial charge on any atom is -0.155 e. The molecular weight excluding hydrogens is 248 g/mol. The van der Waals surface area contributed by atoms with Crippen molar-refractivity contribution in [1.29, 1.82) is 0 Å². The van der Waals surface area contributed by atoms with Gasteiger partial charge in [0.1, 0.15) is 0 Å². The van der Waals surface area contributed by atoms with Crippen LogP contribution in [0.3, 0.4) is 0 Å². The van der Waals surface area contributed by atoms with E-state index < -0.39 is 0 Å². The fourth-order valence-corrected chi connectivity index (χ4v) is 4.61. The third kappa shape index (κ3) is 11.8. The Morgan fingerprint density at radius 2 is 0.947 bits per heavy atom. The Hall–Kier alpha value is 0.350. The highest BCUT2D eigenvalue weighted by atomic mass is 32.2. The maximum absolute atomic E-state index is 2.35. The lowest BCUT2D eigenvalue weighted by atomic mass is 10.1. The average molecular weight is 287 g/mol. The Kier molecular flexibility index (Phi) is 15.0. The van der Waals surface area contributed by atoms with Crippen LogP contribution in [-0.2, 0) is 0 Å². The molecule has 1 heteroatoms. The van der Waals surface area contributed by atoms with Crippen LogP contribution < -0.4 is 0 Å². The maximum atomic E-state index is 2.35. The van der Waals surface area contributed by atoms with Crippen LogP contribution in [0.1, 0.15) is 105 Å². The second-order valence-corrected chi connectivity index (χ2v) is 7.55. The summed E-state index contributed by atoms with van der Waals surface area (Å²) in [6, 6.07) is 0. The molecule has 0 nitrogen and oxygen atoms in total. The lowest BCUT2D eigenvalue weighted by Gasteiger charge is -2.23. The minimum atomic E-state index is 0.940. The summed E-state index contributed by atoms with van der Waals surface area (Å²) in [5.74, 6) is 0. The van der Waals surface area contributed by atoms with E-state index in [-0.39, 0.29) is 0 Å². The fraction of sp³-hybridized carbons (Fsp3) is 1.00. The van der Waals surface area contributed by atoms with E-state index in [9.17, 15) is 0 Å². The standard InChI is InChI=1S/C18H38S/c1-5-9-11-15-17(13-7-3)19-18(14-8-4)16-12-10-6-2/h17-18H,5-16H2,1-4H3. The average Bonchev–Trinajstić information content (AvgIpc) is 2.39. The van der Waals surface area contributed by atoms with Crippen molar-refractivity contribution in [2.24, 2.45) is 0 Å². The van der Waals surface area contributed by atoms with Gasteiger partial charge in [0, 0.05) is 10.5 Å². The summed E-state index contributed by atoms with van der Waals surface area (Å²) in [5.41, 5.74) is 0. The topological polar surface area (TPSA) is 0 Å². The molecule has 0 heterocycles. The van der Waals surface area contributed by atoms with Gasteiger partial charge in [-0.3, -0.25) is 0 Å². The Labute approximate surface area is 127 Å². The largest absolute Gasteiger partial charge is 0.155 e. The zero-order valence-corrected chi connectivity index (χ0v) is 14.9. The number of thioether (sulfide) groups is 1. The molecule has 0 rings (SSSR count). The fourth-order valence-electron chi connectivity index (χ4n) is 2.72. The molecule has 0 aliphatic rings. The number of hydrogen-bond acceptors (Lipinski definition) is 1. The van der Waals surface area contributed by atoms with Gasteiger partial charge in [0.25, 0.3) is 0 Å². The van der Waals surface area contributed by atoms with Gasteiger partial charge in [-0.05, 0) is 25.7 Å². The van der Waals surface area contributed by atoms with E-state index in [2.05, 4.69) is 39.5 Å². The summed E-state index contributed by atoms with van der Waals surface area (Å²) in [5, 5.41) is 1.88. The Morgan fingerprint density at radius 1 is 0.526 bits per heavy atom. The van der Waals surface area contributed by atoms with Crippen LogP contribution in [0.25, 0.3) is 0 Å². The van der Waals surface area contributed by atoms with Gasteiger partial charge in [-0.25, -0.2) is 0 Å². The lowest BCUT2D eigenvalue weighted by Crippen LogP contribution is -2.11. The van der Waals surface area contributed by atoms with Crippen LogP contribution in [-0.4, -0.2) is 10.5 Å². The molecule has 2 unspecified atom stereocenters. The van der Waals surface area contributed by atoms with Gasteiger partial charge in [0.2, 0.25) is 0 Å². The van der Waals surface area contributed by atoms with E-state index in [0.29, 0.717) is 0 Å². The molecule has 0 spiro atoms. The Bertz CT molecular complexity index is 149. The number of rotatable bonds is 14. The van der Waals surface area contributed by atoms with E-state index in [1.807, 2.05) is 0 Å². The quantitative estimate of drug-likeness (QED) is 0.304. The smallest absolute Gasteiger partial charge is 0.00497 e. The van der Waals surface area contributed by atoms with Crippen molar-refractivity contribution in [3.8, 4) is 0 Å². The maximum Gasteiger partial charge on any atom is 0.00497 e. The summed E-state index contributed by atoms with van der Waals surface area (Å²) in [4.78, 5) is 0. The van der Waals surface area contributed by atoms with Crippen molar-refractivity contribution in [3.05, 3.63) is 0 Å². The molecule has 0 bridgehead atoms. The van der Waals surface area contributed by atoms with Crippen molar-refractivity contribution in [1.82, 2.24) is 0 Å². The summed E-state index contributed by atoms with van der Waals surface area (Å²) < 4.78 is 0.